The molecule has 1 unspecified atom stereocenters. The third-order valence-electron chi connectivity index (χ3n) is 4.78. The molecule has 3 rings (SSSR count). The van der Waals surface area contributed by atoms with E-state index in [-0.39, 0.29) is 6.04 Å². The van der Waals surface area contributed by atoms with Crippen LogP contribution in [0.5, 0.6) is 0 Å². The standard InChI is InChI=1S/C16H27N5/c1-12(2)20-11-13(9-19-20)15-10-18-16(17)21(15)14-7-5-3-4-6-8-14/h9,11-12,14-15H,3-8,10H2,1-2H3,(H2,17,18). The predicted octanol–water partition coefficient (Wildman–Crippen LogP) is 2.86. The molecule has 2 N–H and O–H groups in total. The molecule has 2 aliphatic rings. The first-order valence-electron chi connectivity index (χ1n) is 8.29. The number of guanidine groups is 1. The Kier molecular flexibility index (Phi) is 4.17. The zero-order valence-corrected chi connectivity index (χ0v) is 13.2. The highest BCUT2D eigenvalue weighted by Crippen LogP contribution is 2.32. The zero-order chi connectivity index (χ0) is 14.8. The van der Waals surface area contributed by atoms with E-state index in [1.807, 2.05) is 10.9 Å². The Labute approximate surface area is 127 Å². The molecule has 0 saturated heterocycles. The second kappa shape index (κ2) is 6.08. The molecule has 21 heavy (non-hydrogen) atoms. The van der Waals surface area contributed by atoms with Crippen molar-refractivity contribution in [3.8, 4) is 0 Å². The fourth-order valence-electron chi connectivity index (χ4n) is 3.56. The minimum Gasteiger partial charge on any atom is -0.370 e. The van der Waals surface area contributed by atoms with E-state index in [9.17, 15) is 0 Å². The monoisotopic (exact) mass is 289 g/mol. The van der Waals surface area contributed by atoms with Crippen LogP contribution in [0.3, 0.4) is 0 Å². The molecule has 116 valence electrons. The highest BCUT2D eigenvalue weighted by Gasteiger charge is 2.34. The van der Waals surface area contributed by atoms with Gasteiger partial charge in [-0.05, 0) is 26.7 Å². The summed E-state index contributed by atoms with van der Waals surface area (Å²) in [4.78, 5) is 6.89. The van der Waals surface area contributed by atoms with E-state index in [1.165, 1.54) is 44.1 Å². The third-order valence-corrected chi connectivity index (χ3v) is 4.78. The van der Waals surface area contributed by atoms with E-state index in [4.69, 9.17) is 5.73 Å². The van der Waals surface area contributed by atoms with Crippen molar-refractivity contribution in [1.82, 2.24) is 14.7 Å². The van der Waals surface area contributed by atoms with Gasteiger partial charge in [0, 0.05) is 23.8 Å². The molecular formula is C16H27N5. The topological polar surface area (TPSA) is 59.4 Å². The maximum Gasteiger partial charge on any atom is 0.192 e. The normalized spacial score (nSPS) is 24.4. The summed E-state index contributed by atoms with van der Waals surface area (Å²) in [6, 6.07) is 1.22. The summed E-state index contributed by atoms with van der Waals surface area (Å²) in [5.41, 5.74) is 7.45. The molecule has 1 saturated carbocycles. The van der Waals surface area contributed by atoms with Gasteiger partial charge in [0.2, 0.25) is 0 Å². The number of nitrogens with two attached hydrogens (primary N) is 1. The lowest BCUT2D eigenvalue weighted by molar-refractivity contribution is 0.237. The number of aliphatic imine (C=N–C) groups is 1. The maximum absolute atomic E-state index is 6.20. The second-order valence-electron chi connectivity index (χ2n) is 6.61. The lowest BCUT2D eigenvalue weighted by Crippen LogP contribution is -2.43. The second-order valence-corrected chi connectivity index (χ2v) is 6.61. The molecule has 1 aliphatic carbocycles. The van der Waals surface area contributed by atoms with Crippen molar-refractivity contribution >= 4 is 5.96 Å². The van der Waals surface area contributed by atoms with Crippen LogP contribution in [0.15, 0.2) is 17.4 Å². The first kappa shape index (κ1) is 14.4. The van der Waals surface area contributed by atoms with Gasteiger partial charge in [-0.15, -0.1) is 0 Å². The van der Waals surface area contributed by atoms with Gasteiger partial charge in [-0.2, -0.15) is 5.10 Å². The van der Waals surface area contributed by atoms with Crippen molar-refractivity contribution in [2.24, 2.45) is 10.7 Å². The smallest absolute Gasteiger partial charge is 0.192 e. The predicted molar refractivity (Wildman–Crippen MR) is 85.2 cm³/mol. The molecule has 0 amide bonds. The number of hydrogen-bond donors (Lipinski definition) is 1. The van der Waals surface area contributed by atoms with Crippen LogP contribution in [0, 0.1) is 0 Å². The van der Waals surface area contributed by atoms with Gasteiger partial charge in [0.15, 0.2) is 5.96 Å². The van der Waals surface area contributed by atoms with Crippen molar-refractivity contribution in [1.29, 1.82) is 0 Å². The van der Waals surface area contributed by atoms with E-state index in [2.05, 4.69) is 35.0 Å². The molecule has 0 bridgehead atoms. The minimum atomic E-state index is 0.278. The minimum absolute atomic E-state index is 0.278. The average Bonchev–Trinajstić information content (AvgIpc) is 2.99. The summed E-state index contributed by atoms with van der Waals surface area (Å²) in [6.07, 6.45) is 12.0. The SMILES string of the molecule is CC(C)n1cc(C2CN=C(N)N2C2CCCCCC2)cn1. The van der Waals surface area contributed by atoms with E-state index in [1.54, 1.807) is 0 Å². The van der Waals surface area contributed by atoms with Crippen LogP contribution in [-0.4, -0.2) is 33.2 Å². The fourth-order valence-corrected chi connectivity index (χ4v) is 3.56. The number of rotatable bonds is 3. The summed E-state index contributed by atoms with van der Waals surface area (Å²) in [7, 11) is 0. The summed E-state index contributed by atoms with van der Waals surface area (Å²) < 4.78 is 2.02. The van der Waals surface area contributed by atoms with E-state index in [0.717, 1.165) is 12.5 Å². The van der Waals surface area contributed by atoms with Crippen LogP contribution in [0.4, 0.5) is 0 Å². The lowest BCUT2D eigenvalue weighted by atomic mass is 10.0. The van der Waals surface area contributed by atoms with Crippen molar-refractivity contribution in [2.45, 2.75) is 70.5 Å². The quantitative estimate of drug-likeness (QED) is 0.870. The first-order valence-corrected chi connectivity index (χ1v) is 8.29. The molecular weight excluding hydrogens is 262 g/mol. The Hall–Kier alpha value is -1.52. The number of nitrogens with zero attached hydrogens (tertiary/aromatic N) is 4. The number of aromatic nitrogens is 2. The molecule has 5 nitrogen and oxygen atoms in total. The van der Waals surface area contributed by atoms with Crippen LogP contribution < -0.4 is 5.73 Å². The van der Waals surface area contributed by atoms with Gasteiger partial charge < -0.3 is 10.6 Å². The molecule has 1 aromatic heterocycles. The number of hydrogen-bond acceptors (Lipinski definition) is 4. The summed E-state index contributed by atoms with van der Waals surface area (Å²) in [5, 5.41) is 4.48. The van der Waals surface area contributed by atoms with Crippen LogP contribution in [-0.2, 0) is 0 Å². The van der Waals surface area contributed by atoms with Gasteiger partial charge in [-0.25, -0.2) is 0 Å². The van der Waals surface area contributed by atoms with Gasteiger partial charge >= 0.3 is 0 Å². The molecule has 5 heteroatoms. The Bertz CT molecular complexity index is 497. The van der Waals surface area contributed by atoms with E-state index < -0.39 is 0 Å². The summed E-state index contributed by atoms with van der Waals surface area (Å²) in [6.45, 7) is 5.07. The maximum atomic E-state index is 6.20. The summed E-state index contributed by atoms with van der Waals surface area (Å²) >= 11 is 0. The molecule has 1 atom stereocenters. The van der Waals surface area contributed by atoms with E-state index in [0.29, 0.717) is 12.1 Å². The Balaban J connectivity index is 1.80. The van der Waals surface area contributed by atoms with Gasteiger partial charge in [0.25, 0.3) is 0 Å². The van der Waals surface area contributed by atoms with Crippen molar-refractivity contribution in [2.75, 3.05) is 6.54 Å². The van der Waals surface area contributed by atoms with Gasteiger partial charge in [-0.3, -0.25) is 9.67 Å². The Morgan fingerprint density at radius 3 is 2.52 bits per heavy atom. The molecule has 1 aromatic rings. The van der Waals surface area contributed by atoms with Crippen LogP contribution in [0.25, 0.3) is 0 Å². The average molecular weight is 289 g/mol. The first-order chi connectivity index (χ1) is 10.2. The van der Waals surface area contributed by atoms with Crippen molar-refractivity contribution in [3.63, 3.8) is 0 Å². The van der Waals surface area contributed by atoms with E-state index >= 15 is 0 Å². The molecule has 0 radical (unpaired) electrons. The molecule has 0 spiro atoms. The van der Waals surface area contributed by atoms with Crippen molar-refractivity contribution < 1.29 is 0 Å². The molecule has 2 heterocycles. The van der Waals surface area contributed by atoms with Gasteiger partial charge in [-0.1, -0.05) is 25.7 Å². The van der Waals surface area contributed by atoms with Crippen LogP contribution in [0.2, 0.25) is 0 Å². The van der Waals surface area contributed by atoms with Gasteiger partial charge in [0.1, 0.15) is 0 Å². The largest absolute Gasteiger partial charge is 0.370 e. The van der Waals surface area contributed by atoms with Gasteiger partial charge in [0.05, 0.1) is 18.8 Å². The highest BCUT2D eigenvalue weighted by molar-refractivity contribution is 5.80. The zero-order valence-electron chi connectivity index (χ0n) is 13.2. The Morgan fingerprint density at radius 2 is 1.90 bits per heavy atom. The van der Waals surface area contributed by atoms with Crippen LogP contribution >= 0.6 is 0 Å². The van der Waals surface area contributed by atoms with Crippen LogP contribution in [0.1, 0.15) is 70.0 Å². The summed E-state index contributed by atoms with van der Waals surface area (Å²) in [5.74, 6) is 0.726. The molecule has 1 fully saturated rings. The molecule has 0 aromatic carbocycles. The molecule has 1 aliphatic heterocycles. The fraction of sp³-hybridized carbons (Fsp3) is 0.750. The Morgan fingerprint density at radius 1 is 1.19 bits per heavy atom. The van der Waals surface area contributed by atoms with Crippen molar-refractivity contribution in [3.05, 3.63) is 18.0 Å². The highest BCUT2D eigenvalue weighted by atomic mass is 15.4. The lowest BCUT2D eigenvalue weighted by Gasteiger charge is -2.33. The third kappa shape index (κ3) is 2.92.